The normalized spacial score (nSPS) is 17.3. The van der Waals surface area contributed by atoms with Gasteiger partial charge in [0.15, 0.2) is 0 Å². The minimum atomic E-state index is -3.81. The number of anilines is 1. The zero-order chi connectivity index (χ0) is 26.0. The predicted molar refractivity (Wildman–Crippen MR) is 145 cm³/mol. The lowest BCUT2D eigenvalue weighted by molar-refractivity contribution is -0.136. The Hall–Kier alpha value is -3.23. The van der Waals surface area contributed by atoms with E-state index < -0.39 is 10.0 Å². The van der Waals surface area contributed by atoms with Crippen molar-refractivity contribution in [2.75, 3.05) is 18.4 Å². The highest BCUT2D eigenvalue weighted by Gasteiger charge is 2.32. The first-order valence-corrected chi connectivity index (χ1v) is 14.5. The lowest BCUT2D eigenvalue weighted by Crippen LogP contribution is -2.47. The molecule has 7 nitrogen and oxygen atoms in total. The smallest absolute Gasteiger partial charge is 0.255 e. The molecule has 0 spiro atoms. The number of carbonyl (C=O) groups excluding carboxylic acids is 2. The van der Waals surface area contributed by atoms with Gasteiger partial charge in [-0.2, -0.15) is 0 Å². The fraction of sp³-hybridized carbons (Fsp3) is 0.379. The molecule has 2 aliphatic rings. The van der Waals surface area contributed by atoms with E-state index in [9.17, 15) is 18.0 Å². The van der Waals surface area contributed by atoms with Crippen LogP contribution in [0.2, 0.25) is 0 Å². The topological polar surface area (TPSA) is 95.6 Å². The van der Waals surface area contributed by atoms with Crippen molar-refractivity contribution in [1.82, 2.24) is 9.62 Å². The number of nitrogens with zero attached hydrogens (tertiary/aromatic N) is 1. The minimum absolute atomic E-state index is 0.143. The highest BCUT2D eigenvalue weighted by atomic mass is 32.2. The maximum absolute atomic E-state index is 13.5. The second-order valence-corrected chi connectivity index (χ2v) is 11.8. The van der Waals surface area contributed by atoms with E-state index in [0.29, 0.717) is 48.0 Å². The maximum Gasteiger partial charge on any atom is 0.255 e. The van der Waals surface area contributed by atoms with Crippen LogP contribution in [-0.2, 0) is 14.8 Å². The van der Waals surface area contributed by atoms with Crippen molar-refractivity contribution in [1.29, 1.82) is 0 Å². The molecule has 37 heavy (non-hydrogen) atoms. The number of hydrogen-bond donors (Lipinski definition) is 2. The standard InChI is InChI=1S/C29H33N3O4S/c1-20-8-2-5-11-23(20)28(33)30-26-14-15-27(25-13-7-6-12-24(25)26)37(35,36)31-22-16-18-32(19-17-22)29(34)21-9-3-4-10-21/h2,5-8,11-15,21-22,31H,3-4,9-10,16-19H2,1H3,(H,30,33). The number of sulfonamides is 1. The molecule has 0 atom stereocenters. The average Bonchev–Trinajstić information content (AvgIpc) is 3.44. The molecule has 1 aliphatic heterocycles. The number of likely N-dealkylation sites (tertiary alicyclic amines) is 1. The number of carbonyl (C=O) groups is 2. The lowest BCUT2D eigenvalue weighted by atomic mass is 10.0. The second kappa shape index (κ2) is 10.6. The Morgan fingerprint density at radius 1 is 0.838 bits per heavy atom. The van der Waals surface area contributed by atoms with Crippen molar-refractivity contribution < 1.29 is 18.0 Å². The predicted octanol–water partition coefficient (Wildman–Crippen LogP) is 4.86. The van der Waals surface area contributed by atoms with Crippen LogP contribution in [0.1, 0.15) is 54.4 Å². The SMILES string of the molecule is Cc1ccccc1C(=O)Nc1ccc(S(=O)(=O)NC2CCN(C(=O)C3CCCC3)CC2)c2ccccc12. The van der Waals surface area contributed by atoms with E-state index in [1.54, 1.807) is 30.3 Å². The molecule has 8 heteroatoms. The molecule has 2 fully saturated rings. The summed E-state index contributed by atoms with van der Waals surface area (Å²) in [4.78, 5) is 27.7. The summed E-state index contributed by atoms with van der Waals surface area (Å²) in [6.45, 7) is 3.03. The first kappa shape index (κ1) is 25.4. The van der Waals surface area contributed by atoms with Crippen LogP contribution in [0.25, 0.3) is 10.8 Å². The van der Waals surface area contributed by atoms with Gasteiger partial charge in [-0.3, -0.25) is 9.59 Å². The molecule has 0 unspecified atom stereocenters. The summed E-state index contributed by atoms with van der Waals surface area (Å²) < 4.78 is 29.8. The summed E-state index contributed by atoms with van der Waals surface area (Å²) in [5, 5.41) is 4.15. The van der Waals surface area contributed by atoms with Gasteiger partial charge in [0.2, 0.25) is 15.9 Å². The van der Waals surface area contributed by atoms with Gasteiger partial charge in [-0.05, 0) is 56.4 Å². The molecule has 3 aromatic carbocycles. The van der Waals surface area contributed by atoms with Gasteiger partial charge in [0.1, 0.15) is 0 Å². The van der Waals surface area contributed by atoms with Gasteiger partial charge >= 0.3 is 0 Å². The highest BCUT2D eigenvalue weighted by Crippen LogP contribution is 2.31. The molecule has 0 radical (unpaired) electrons. The summed E-state index contributed by atoms with van der Waals surface area (Å²) in [6, 6.07) is 17.5. The van der Waals surface area contributed by atoms with E-state index in [-0.39, 0.29) is 28.7 Å². The Balaban J connectivity index is 1.32. The van der Waals surface area contributed by atoms with Crippen LogP contribution in [0.5, 0.6) is 0 Å². The first-order valence-electron chi connectivity index (χ1n) is 13.0. The van der Waals surface area contributed by atoms with Gasteiger partial charge < -0.3 is 10.2 Å². The number of benzene rings is 3. The minimum Gasteiger partial charge on any atom is -0.342 e. The Morgan fingerprint density at radius 3 is 2.19 bits per heavy atom. The lowest BCUT2D eigenvalue weighted by Gasteiger charge is -2.33. The van der Waals surface area contributed by atoms with E-state index in [0.717, 1.165) is 31.2 Å². The van der Waals surface area contributed by atoms with Crippen LogP contribution in [0.15, 0.2) is 65.6 Å². The number of piperidine rings is 1. The van der Waals surface area contributed by atoms with Crippen molar-refractivity contribution in [2.24, 2.45) is 5.92 Å². The summed E-state index contributed by atoms with van der Waals surface area (Å²) in [6.07, 6.45) is 5.38. The van der Waals surface area contributed by atoms with Crippen LogP contribution in [0.3, 0.4) is 0 Å². The fourth-order valence-corrected chi connectivity index (χ4v) is 7.08. The third kappa shape index (κ3) is 5.40. The number of rotatable bonds is 6. The summed E-state index contributed by atoms with van der Waals surface area (Å²) in [7, 11) is -3.81. The molecule has 2 amide bonds. The molecule has 1 saturated heterocycles. The van der Waals surface area contributed by atoms with Crippen LogP contribution in [0, 0.1) is 12.8 Å². The van der Waals surface area contributed by atoms with Crippen molar-refractivity contribution in [3.63, 3.8) is 0 Å². The quantitative estimate of drug-likeness (QED) is 0.486. The molecule has 5 rings (SSSR count). The Bertz CT molecular complexity index is 1420. The molecule has 1 aliphatic carbocycles. The number of fused-ring (bicyclic) bond motifs is 1. The van der Waals surface area contributed by atoms with Gasteiger partial charge in [-0.25, -0.2) is 13.1 Å². The van der Waals surface area contributed by atoms with Gasteiger partial charge in [0.25, 0.3) is 5.91 Å². The van der Waals surface area contributed by atoms with Gasteiger partial charge in [-0.1, -0.05) is 55.3 Å². The number of nitrogens with one attached hydrogen (secondary N) is 2. The van der Waals surface area contributed by atoms with Crippen LogP contribution >= 0.6 is 0 Å². The zero-order valence-corrected chi connectivity index (χ0v) is 21.9. The summed E-state index contributed by atoms with van der Waals surface area (Å²) >= 11 is 0. The largest absolute Gasteiger partial charge is 0.342 e. The third-order valence-electron chi connectivity index (χ3n) is 7.64. The van der Waals surface area contributed by atoms with E-state index >= 15 is 0 Å². The number of aryl methyl sites for hydroxylation is 1. The van der Waals surface area contributed by atoms with Gasteiger partial charge in [0, 0.05) is 47.1 Å². The van der Waals surface area contributed by atoms with Crippen LogP contribution < -0.4 is 10.0 Å². The van der Waals surface area contributed by atoms with Crippen molar-refractivity contribution in [3.8, 4) is 0 Å². The van der Waals surface area contributed by atoms with Crippen molar-refractivity contribution in [2.45, 2.75) is 56.4 Å². The number of amides is 2. The summed E-state index contributed by atoms with van der Waals surface area (Å²) in [5.41, 5.74) is 1.99. The second-order valence-electron chi connectivity index (χ2n) is 10.1. The first-order chi connectivity index (χ1) is 17.8. The van der Waals surface area contributed by atoms with Crippen LogP contribution in [0.4, 0.5) is 5.69 Å². The maximum atomic E-state index is 13.5. The molecule has 1 heterocycles. The third-order valence-corrected chi connectivity index (χ3v) is 9.22. The van der Waals surface area contributed by atoms with Crippen molar-refractivity contribution >= 4 is 38.3 Å². The highest BCUT2D eigenvalue weighted by molar-refractivity contribution is 7.89. The molecule has 1 saturated carbocycles. The average molecular weight is 520 g/mol. The Kier molecular flexibility index (Phi) is 7.31. The monoisotopic (exact) mass is 519 g/mol. The van der Waals surface area contributed by atoms with E-state index in [4.69, 9.17) is 0 Å². The molecule has 0 bridgehead atoms. The van der Waals surface area contributed by atoms with Crippen molar-refractivity contribution in [3.05, 3.63) is 71.8 Å². The zero-order valence-electron chi connectivity index (χ0n) is 21.1. The summed E-state index contributed by atoms with van der Waals surface area (Å²) in [5.74, 6) is 0.133. The van der Waals surface area contributed by atoms with E-state index in [2.05, 4.69) is 10.0 Å². The van der Waals surface area contributed by atoms with E-state index in [1.807, 2.05) is 42.2 Å². The Labute approximate surface area is 218 Å². The van der Waals surface area contributed by atoms with Gasteiger partial charge in [0.05, 0.1) is 4.90 Å². The van der Waals surface area contributed by atoms with Crippen LogP contribution in [-0.4, -0.2) is 44.3 Å². The Morgan fingerprint density at radius 2 is 1.49 bits per heavy atom. The molecule has 3 aromatic rings. The molecular weight excluding hydrogens is 486 g/mol. The molecule has 194 valence electrons. The van der Waals surface area contributed by atoms with E-state index in [1.165, 1.54) is 0 Å². The molecular formula is C29H33N3O4S. The fourth-order valence-electron chi connectivity index (χ4n) is 5.56. The number of hydrogen-bond acceptors (Lipinski definition) is 4. The molecule has 2 N–H and O–H groups in total. The van der Waals surface area contributed by atoms with Gasteiger partial charge in [-0.15, -0.1) is 0 Å². The molecule has 0 aromatic heterocycles.